The molecule has 1 aromatic carbocycles. The largest absolute Gasteiger partial charge is 0.399 e. The fourth-order valence-electron chi connectivity index (χ4n) is 1.56. The molecule has 1 saturated carbocycles. The van der Waals surface area contributed by atoms with Gasteiger partial charge >= 0.3 is 6.03 Å². The molecule has 0 aromatic heterocycles. The predicted octanol–water partition coefficient (Wildman–Crippen LogP) is 1.06. The fraction of sp³-hybridized carbons (Fsp3) is 0.385. The molecule has 5 N–H and O–H groups in total. The van der Waals surface area contributed by atoms with Crippen molar-refractivity contribution in [2.75, 3.05) is 17.6 Å². The number of benzene rings is 1. The van der Waals surface area contributed by atoms with Crippen molar-refractivity contribution in [3.05, 3.63) is 24.3 Å². The number of anilines is 2. The van der Waals surface area contributed by atoms with E-state index in [4.69, 9.17) is 5.73 Å². The number of amides is 3. The van der Waals surface area contributed by atoms with E-state index in [9.17, 15) is 9.59 Å². The predicted molar refractivity (Wildman–Crippen MR) is 73.7 cm³/mol. The van der Waals surface area contributed by atoms with Crippen LogP contribution in [0.3, 0.4) is 0 Å². The van der Waals surface area contributed by atoms with Crippen molar-refractivity contribution in [2.24, 2.45) is 0 Å². The van der Waals surface area contributed by atoms with Crippen LogP contribution in [0.5, 0.6) is 0 Å². The first-order valence-corrected chi connectivity index (χ1v) is 6.33. The topological polar surface area (TPSA) is 96.2 Å². The summed E-state index contributed by atoms with van der Waals surface area (Å²) in [5, 5.41) is 8.15. The van der Waals surface area contributed by atoms with Crippen molar-refractivity contribution in [3.63, 3.8) is 0 Å². The van der Waals surface area contributed by atoms with E-state index in [1.54, 1.807) is 24.3 Å². The molecule has 1 aromatic rings. The zero-order valence-electron chi connectivity index (χ0n) is 10.6. The SMILES string of the molecule is Nc1ccc(NC(=O)NCCC(=O)NC2CC2)cc1. The Morgan fingerprint density at radius 1 is 1.21 bits per heavy atom. The van der Waals surface area contributed by atoms with Crippen LogP contribution in [0.25, 0.3) is 0 Å². The minimum absolute atomic E-state index is 0.0183. The van der Waals surface area contributed by atoms with Crippen LogP contribution in [0, 0.1) is 0 Å². The second kappa shape index (κ2) is 6.08. The van der Waals surface area contributed by atoms with Crippen LogP contribution in [0.15, 0.2) is 24.3 Å². The second-order valence-electron chi connectivity index (χ2n) is 4.59. The van der Waals surface area contributed by atoms with Gasteiger partial charge in [0.05, 0.1) is 0 Å². The number of carbonyl (C=O) groups excluding carboxylic acids is 2. The van der Waals surface area contributed by atoms with Crippen molar-refractivity contribution >= 4 is 23.3 Å². The third-order valence-corrected chi connectivity index (χ3v) is 2.75. The molecule has 0 heterocycles. The first-order chi connectivity index (χ1) is 9.13. The zero-order chi connectivity index (χ0) is 13.7. The molecular weight excluding hydrogens is 244 g/mol. The third-order valence-electron chi connectivity index (χ3n) is 2.75. The van der Waals surface area contributed by atoms with Crippen LogP contribution in [-0.2, 0) is 4.79 Å². The number of nitrogens with one attached hydrogen (secondary N) is 3. The lowest BCUT2D eigenvalue weighted by atomic mass is 10.3. The lowest BCUT2D eigenvalue weighted by Crippen LogP contribution is -2.33. The average molecular weight is 262 g/mol. The fourth-order valence-corrected chi connectivity index (χ4v) is 1.56. The maximum atomic E-state index is 11.5. The highest BCUT2D eigenvalue weighted by Crippen LogP contribution is 2.18. The van der Waals surface area contributed by atoms with Gasteiger partial charge in [0.2, 0.25) is 5.91 Å². The average Bonchev–Trinajstić information content (AvgIpc) is 3.16. The maximum Gasteiger partial charge on any atom is 0.319 e. The Labute approximate surface area is 111 Å². The lowest BCUT2D eigenvalue weighted by molar-refractivity contribution is -0.121. The van der Waals surface area contributed by atoms with E-state index in [0.29, 0.717) is 30.4 Å². The van der Waals surface area contributed by atoms with E-state index in [0.717, 1.165) is 12.8 Å². The Balaban J connectivity index is 1.63. The molecule has 0 radical (unpaired) electrons. The molecule has 0 spiro atoms. The molecule has 19 heavy (non-hydrogen) atoms. The van der Waals surface area contributed by atoms with Crippen LogP contribution in [0.2, 0.25) is 0 Å². The Bertz CT molecular complexity index is 454. The summed E-state index contributed by atoms with van der Waals surface area (Å²) in [6.07, 6.45) is 2.43. The van der Waals surface area contributed by atoms with Gasteiger partial charge in [0.1, 0.15) is 0 Å². The van der Waals surface area contributed by atoms with E-state index < -0.39 is 0 Å². The smallest absolute Gasteiger partial charge is 0.319 e. The van der Waals surface area contributed by atoms with Gasteiger partial charge in [0.15, 0.2) is 0 Å². The summed E-state index contributed by atoms with van der Waals surface area (Å²) in [5.41, 5.74) is 6.85. The summed E-state index contributed by atoms with van der Waals surface area (Å²) in [7, 11) is 0. The van der Waals surface area contributed by atoms with Crippen LogP contribution in [-0.4, -0.2) is 24.5 Å². The molecule has 1 aliphatic carbocycles. The summed E-state index contributed by atoms with van der Waals surface area (Å²) in [4.78, 5) is 22.9. The molecule has 6 heteroatoms. The quantitative estimate of drug-likeness (QED) is 0.597. The summed E-state index contributed by atoms with van der Waals surface area (Å²) in [6.45, 7) is 0.319. The number of urea groups is 1. The minimum atomic E-state index is -0.330. The Morgan fingerprint density at radius 3 is 2.53 bits per heavy atom. The van der Waals surface area contributed by atoms with Gasteiger partial charge in [-0.1, -0.05) is 0 Å². The highest BCUT2D eigenvalue weighted by Gasteiger charge is 2.22. The number of hydrogen-bond donors (Lipinski definition) is 4. The molecule has 0 atom stereocenters. The van der Waals surface area contributed by atoms with Gasteiger partial charge in [0.25, 0.3) is 0 Å². The van der Waals surface area contributed by atoms with Crippen molar-refractivity contribution in [1.82, 2.24) is 10.6 Å². The Kier molecular flexibility index (Phi) is 4.22. The Hall–Kier alpha value is -2.24. The van der Waals surface area contributed by atoms with Gasteiger partial charge < -0.3 is 21.7 Å². The molecule has 2 rings (SSSR count). The van der Waals surface area contributed by atoms with Gasteiger partial charge in [-0.2, -0.15) is 0 Å². The lowest BCUT2D eigenvalue weighted by Gasteiger charge is -2.08. The van der Waals surface area contributed by atoms with E-state index in [1.807, 2.05) is 0 Å². The van der Waals surface area contributed by atoms with E-state index in [1.165, 1.54) is 0 Å². The van der Waals surface area contributed by atoms with E-state index >= 15 is 0 Å². The van der Waals surface area contributed by atoms with E-state index in [-0.39, 0.29) is 11.9 Å². The maximum absolute atomic E-state index is 11.5. The van der Waals surface area contributed by atoms with Crippen LogP contribution in [0.1, 0.15) is 19.3 Å². The van der Waals surface area contributed by atoms with Gasteiger partial charge in [-0.3, -0.25) is 4.79 Å². The number of carbonyl (C=O) groups is 2. The molecule has 0 saturated heterocycles. The number of nitrogen functional groups attached to an aromatic ring is 1. The minimum Gasteiger partial charge on any atom is -0.399 e. The number of hydrogen-bond acceptors (Lipinski definition) is 3. The summed E-state index contributed by atoms with van der Waals surface area (Å²) < 4.78 is 0. The van der Waals surface area contributed by atoms with Crippen LogP contribution in [0.4, 0.5) is 16.2 Å². The normalized spacial score (nSPS) is 13.7. The number of nitrogens with two attached hydrogens (primary N) is 1. The van der Waals surface area contributed by atoms with Crippen molar-refractivity contribution in [2.45, 2.75) is 25.3 Å². The van der Waals surface area contributed by atoms with E-state index in [2.05, 4.69) is 16.0 Å². The molecule has 102 valence electrons. The Morgan fingerprint density at radius 2 is 1.89 bits per heavy atom. The highest BCUT2D eigenvalue weighted by atomic mass is 16.2. The molecular formula is C13H18N4O2. The third kappa shape index (κ3) is 4.87. The first-order valence-electron chi connectivity index (χ1n) is 6.33. The number of rotatable bonds is 5. The van der Waals surface area contributed by atoms with Crippen LogP contribution >= 0.6 is 0 Å². The molecule has 0 aliphatic heterocycles. The van der Waals surface area contributed by atoms with Crippen molar-refractivity contribution in [1.29, 1.82) is 0 Å². The van der Waals surface area contributed by atoms with Gasteiger partial charge in [-0.05, 0) is 37.1 Å². The molecule has 0 unspecified atom stereocenters. The van der Waals surface area contributed by atoms with Gasteiger partial charge in [0, 0.05) is 30.4 Å². The summed E-state index contributed by atoms with van der Waals surface area (Å²) >= 11 is 0. The molecule has 3 amide bonds. The second-order valence-corrected chi connectivity index (χ2v) is 4.59. The van der Waals surface area contributed by atoms with Crippen molar-refractivity contribution < 1.29 is 9.59 Å². The molecule has 1 aliphatic rings. The van der Waals surface area contributed by atoms with Crippen molar-refractivity contribution in [3.8, 4) is 0 Å². The molecule has 0 bridgehead atoms. The molecule has 6 nitrogen and oxygen atoms in total. The summed E-state index contributed by atoms with van der Waals surface area (Å²) in [5.74, 6) is -0.0183. The van der Waals surface area contributed by atoms with Crippen LogP contribution < -0.4 is 21.7 Å². The molecule has 1 fully saturated rings. The van der Waals surface area contributed by atoms with Gasteiger partial charge in [-0.15, -0.1) is 0 Å². The van der Waals surface area contributed by atoms with Gasteiger partial charge in [-0.25, -0.2) is 4.79 Å². The highest BCUT2D eigenvalue weighted by molar-refractivity contribution is 5.89. The standard InChI is InChI=1S/C13H18N4O2/c14-9-1-3-11(4-2-9)17-13(19)15-8-7-12(18)16-10-5-6-10/h1-4,10H,5-8,14H2,(H,16,18)(H2,15,17,19). The first kappa shape index (κ1) is 13.2. The summed E-state index contributed by atoms with van der Waals surface area (Å²) in [6, 6.07) is 6.88. The zero-order valence-corrected chi connectivity index (χ0v) is 10.6. The monoisotopic (exact) mass is 262 g/mol.